The summed E-state index contributed by atoms with van der Waals surface area (Å²) in [7, 11) is 0. The van der Waals surface area contributed by atoms with Gasteiger partial charge in [-0.05, 0) is 56.3 Å². The first-order valence-electron chi connectivity index (χ1n) is 8.56. The minimum absolute atomic E-state index is 0. The average Bonchev–Trinajstić information content (AvgIpc) is 2.50. The first-order valence-corrected chi connectivity index (χ1v) is 8.56. The summed E-state index contributed by atoms with van der Waals surface area (Å²) in [6.07, 6.45) is 2.01. The molecule has 25 heavy (non-hydrogen) atoms. The minimum Gasteiger partial charge on any atom is -0.347 e. The van der Waals surface area contributed by atoms with Crippen LogP contribution in [-0.4, -0.2) is 12.5 Å². The fourth-order valence-electron chi connectivity index (χ4n) is 3.12. The molecule has 0 aliphatic heterocycles. The number of hydrogen-bond donors (Lipinski definition) is 2. The van der Waals surface area contributed by atoms with Crippen LogP contribution in [-0.2, 0) is 16.5 Å². The summed E-state index contributed by atoms with van der Waals surface area (Å²) in [6, 6.07) is 5.32. The van der Waals surface area contributed by atoms with Crippen molar-refractivity contribution in [2.24, 2.45) is 5.73 Å². The van der Waals surface area contributed by atoms with Crippen LogP contribution in [0.25, 0.3) is 0 Å². The second-order valence-electron chi connectivity index (χ2n) is 6.52. The molecule has 1 aromatic carbocycles. The number of rotatable bonds is 8. The molecule has 1 aliphatic rings. The predicted octanol–water partition coefficient (Wildman–Crippen LogP) is 4.53. The van der Waals surface area contributed by atoms with E-state index in [0.717, 1.165) is 38.2 Å². The molecule has 1 aromatic rings. The van der Waals surface area contributed by atoms with Gasteiger partial charge in [-0.3, -0.25) is 4.79 Å². The van der Waals surface area contributed by atoms with Crippen molar-refractivity contribution in [2.45, 2.75) is 63.1 Å². The van der Waals surface area contributed by atoms with Crippen LogP contribution in [0.1, 0.15) is 62.5 Å². The standard InChI is InChI=1S/C18H25F3N2O.ClH/c19-18(20,21)15-8-5-7-14(13-15)17(10-6-11-17)23-16(24)9-3-1-2-4-12-22;/h5,7-8,13H,1-4,6,9-12,22H2,(H,23,24);1H. The molecule has 0 bridgehead atoms. The van der Waals surface area contributed by atoms with Crippen molar-refractivity contribution in [3.05, 3.63) is 35.4 Å². The summed E-state index contributed by atoms with van der Waals surface area (Å²) in [6.45, 7) is 0.658. The first kappa shape index (κ1) is 21.8. The number of unbranched alkanes of at least 4 members (excludes halogenated alkanes) is 3. The van der Waals surface area contributed by atoms with Gasteiger partial charge in [0.25, 0.3) is 0 Å². The highest BCUT2D eigenvalue weighted by atomic mass is 35.5. The third kappa shape index (κ3) is 5.89. The van der Waals surface area contributed by atoms with E-state index in [1.165, 1.54) is 12.1 Å². The Morgan fingerprint density at radius 3 is 2.40 bits per heavy atom. The molecule has 1 amide bonds. The predicted molar refractivity (Wildman–Crippen MR) is 94.5 cm³/mol. The average molecular weight is 379 g/mol. The van der Waals surface area contributed by atoms with Gasteiger partial charge in [0.2, 0.25) is 5.91 Å². The van der Waals surface area contributed by atoms with Crippen molar-refractivity contribution < 1.29 is 18.0 Å². The lowest BCUT2D eigenvalue weighted by atomic mass is 9.71. The van der Waals surface area contributed by atoms with E-state index < -0.39 is 17.3 Å². The minimum atomic E-state index is -4.37. The molecule has 2 rings (SSSR count). The molecule has 0 saturated heterocycles. The van der Waals surface area contributed by atoms with Crippen LogP contribution in [0.2, 0.25) is 0 Å². The maximum Gasteiger partial charge on any atom is 0.416 e. The first-order chi connectivity index (χ1) is 11.4. The molecule has 0 radical (unpaired) electrons. The molecule has 7 heteroatoms. The van der Waals surface area contributed by atoms with Crippen molar-refractivity contribution in [3.8, 4) is 0 Å². The lowest BCUT2D eigenvalue weighted by Gasteiger charge is -2.43. The Balaban J connectivity index is 0.00000312. The molecule has 1 aliphatic carbocycles. The van der Waals surface area contributed by atoms with Crippen molar-refractivity contribution in [1.29, 1.82) is 0 Å². The van der Waals surface area contributed by atoms with Crippen LogP contribution in [0.4, 0.5) is 13.2 Å². The second-order valence-corrected chi connectivity index (χ2v) is 6.52. The Morgan fingerprint density at radius 2 is 1.84 bits per heavy atom. The maximum atomic E-state index is 12.9. The van der Waals surface area contributed by atoms with E-state index in [4.69, 9.17) is 5.73 Å². The van der Waals surface area contributed by atoms with Gasteiger partial charge in [0, 0.05) is 6.42 Å². The number of hydrogen-bond acceptors (Lipinski definition) is 2. The molecule has 142 valence electrons. The van der Waals surface area contributed by atoms with Gasteiger partial charge in [-0.25, -0.2) is 0 Å². The van der Waals surface area contributed by atoms with Gasteiger partial charge in [0.15, 0.2) is 0 Å². The van der Waals surface area contributed by atoms with Crippen LogP contribution >= 0.6 is 12.4 Å². The summed E-state index contributed by atoms with van der Waals surface area (Å²) >= 11 is 0. The molecular weight excluding hydrogens is 353 g/mol. The van der Waals surface area contributed by atoms with E-state index in [-0.39, 0.29) is 18.3 Å². The highest BCUT2D eigenvalue weighted by Gasteiger charge is 2.41. The monoisotopic (exact) mass is 378 g/mol. The number of benzene rings is 1. The fraction of sp³-hybridized carbons (Fsp3) is 0.611. The van der Waals surface area contributed by atoms with Crippen LogP contribution in [0.5, 0.6) is 0 Å². The zero-order chi connectivity index (χ0) is 17.6. The normalized spacial score (nSPS) is 15.8. The molecule has 0 aromatic heterocycles. The molecule has 0 atom stereocenters. The molecule has 0 heterocycles. The molecule has 1 saturated carbocycles. The van der Waals surface area contributed by atoms with Gasteiger partial charge < -0.3 is 11.1 Å². The van der Waals surface area contributed by atoms with Crippen molar-refractivity contribution in [2.75, 3.05) is 6.54 Å². The number of carbonyl (C=O) groups excluding carboxylic acids is 1. The lowest BCUT2D eigenvalue weighted by molar-refractivity contribution is -0.137. The molecule has 3 nitrogen and oxygen atoms in total. The van der Waals surface area contributed by atoms with E-state index in [0.29, 0.717) is 31.4 Å². The largest absolute Gasteiger partial charge is 0.416 e. The van der Waals surface area contributed by atoms with Crippen molar-refractivity contribution in [3.63, 3.8) is 0 Å². The molecule has 0 spiro atoms. The van der Waals surface area contributed by atoms with E-state index in [1.807, 2.05) is 0 Å². The maximum absolute atomic E-state index is 12.9. The van der Waals surface area contributed by atoms with Crippen molar-refractivity contribution >= 4 is 18.3 Å². The molecule has 3 N–H and O–H groups in total. The third-order valence-corrected chi connectivity index (χ3v) is 4.69. The molecule has 1 fully saturated rings. The van der Waals surface area contributed by atoms with E-state index in [1.54, 1.807) is 6.07 Å². The number of halogens is 4. The van der Waals surface area contributed by atoms with E-state index >= 15 is 0 Å². The Morgan fingerprint density at radius 1 is 1.16 bits per heavy atom. The van der Waals surface area contributed by atoms with Gasteiger partial charge in [-0.2, -0.15) is 13.2 Å². The summed E-state index contributed by atoms with van der Waals surface area (Å²) in [4.78, 5) is 12.2. The van der Waals surface area contributed by atoms with Crippen LogP contribution in [0, 0.1) is 0 Å². The third-order valence-electron chi connectivity index (χ3n) is 4.69. The summed E-state index contributed by atoms with van der Waals surface area (Å²) in [5.41, 5.74) is 4.69. The highest BCUT2D eigenvalue weighted by molar-refractivity contribution is 5.85. The van der Waals surface area contributed by atoms with Crippen LogP contribution < -0.4 is 11.1 Å². The molecule has 0 unspecified atom stereocenters. The summed E-state index contributed by atoms with van der Waals surface area (Å²) in [5.74, 6) is -0.0835. The summed E-state index contributed by atoms with van der Waals surface area (Å²) in [5, 5.41) is 2.98. The van der Waals surface area contributed by atoms with E-state index in [9.17, 15) is 18.0 Å². The Hall–Kier alpha value is -1.27. The Bertz CT molecular complexity index is 559. The van der Waals surface area contributed by atoms with Gasteiger partial charge >= 0.3 is 6.18 Å². The smallest absolute Gasteiger partial charge is 0.347 e. The lowest BCUT2D eigenvalue weighted by Crippen LogP contribution is -2.50. The van der Waals surface area contributed by atoms with E-state index in [2.05, 4.69) is 5.32 Å². The van der Waals surface area contributed by atoms with Crippen LogP contribution in [0.3, 0.4) is 0 Å². The number of alkyl halides is 3. The highest BCUT2D eigenvalue weighted by Crippen LogP contribution is 2.43. The zero-order valence-electron chi connectivity index (χ0n) is 14.2. The quantitative estimate of drug-likeness (QED) is 0.653. The SMILES string of the molecule is Cl.NCCCCCCC(=O)NC1(c2cccc(C(F)(F)F)c2)CCC1. The topological polar surface area (TPSA) is 55.1 Å². The number of nitrogens with one attached hydrogen (secondary N) is 1. The van der Waals surface area contributed by atoms with Gasteiger partial charge in [0.05, 0.1) is 11.1 Å². The number of amides is 1. The summed E-state index contributed by atoms with van der Waals surface area (Å²) < 4.78 is 38.7. The Labute approximate surface area is 153 Å². The van der Waals surface area contributed by atoms with Gasteiger partial charge in [-0.1, -0.05) is 25.0 Å². The second kappa shape index (κ2) is 9.43. The molecular formula is C18H26ClF3N2O. The number of carbonyl (C=O) groups is 1. The van der Waals surface area contributed by atoms with Gasteiger partial charge in [0.1, 0.15) is 0 Å². The fourth-order valence-corrected chi connectivity index (χ4v) is 3.12. The van der Waals surface area contributed by atoms with Crippen molar-refractivity contribution in [1.82, 2.24) is 5.32 Å². The zero-order valence-corrected chi connectivity index (χ0v) is 15.0. The van der Waals surface area contributed by atoms with Gasteiger partial charge in [-0.15, -0.1) is 12.4 Å². The van der Waals surface area contributed by atoms with Crippen LogP contribution in [0.15, 0.2) is 24.3 Å². The Kier molecular flexibility index (Phi) is 8.22. The number of nitrogens with two attached hydrogens (primary N) is 1.